The molecular weight excluding hydrogens is 351 g/mol. The van der Waals surface area contributed by atoms with E-state index < -0.39 is 0 Å². The molecule has 0 spiro atoms. The highest BCUT2D eigenvalue weighted by Gasteiger charge is 2.42. The number of urea groups is 1. The Labute approximate surface area is 161 Å². The Hall–Kier alpha value is -0.925. The first-order valence-electron chi connectivity index (χ1n) is 9.85. The second kappa shape index (κ2) is 12.5. The number of amides is 3. The average molecular weight is 384 g/mol. The molecule has 0 saturated carbocycles. The van der Waals surface area contributed by atoms with Gasteiger partial charge in [0.2, 0.25) is 5.91 Å². The fourth-order valence-corrected chi connectivity index (χ4v) is 5.04. The summed E-state index contributed by atoms with van der Waals surface area (Å²) < 4.78 is 4.93. The summed E-state index contributed by atoms with van der Waals surface area (Å²) in [6.45, 7) is 1.77. The Morgan fingerprint density at radius 2 is 2.00 bits per heavy atom. The maximum atomic E-state index is 11.9. The summed E-state index contributed by atoms with van der Waals surface area (Å²) in [5.41, 5.74) is 0. The van der Waals surface area contributed by atoms with Crippen molar-refractivity contribution < 1.29 is 14.2 Å². The van der Waals surface area contributed by atoms with Crippen molar-refractivity contribution >= 4 is 31.3 Å². The topological polar surface area (TPSA) is 91.5 Å². The molecule has 7 nitrogen and oxygen atoms in total. The quantitative estimate of drug-likeness (QED) is 0.203. The molecule has 0 aromatic rings. The van der Waals surface area contributed by atoms with Crippen molar-refractivity contribution in [1.29, 1.82) is 0 Å². The Balaban J connectivity index is 1.38. The van der Waals surface area contributed by atoms with Crippen LogP contribution in [0, 0.1) is 0 Å². The third-order valence-corrected chi connectivity index (χ3v) is 6.44. The van der Waals surface area contributed by atoms with Crippen molar-refractivity contribution in [2.24, 2.45) is 0 Å². The van der Waals surface area contributed by atoms with Gasteiger partial charge in [0.15, 0.2) is 0 Å². The predicted molar refractivity (Wildman–Crippen MR) is 108 cm³/mol. The molecule has 0 bridgehead atoms. The summed E-state index contributed by atoms with van der Waals surface area (Å²) in [4.78, 5) is 23.2. The number of hydrogen-bond donors (Lipinski definition) is 4. The second-order valence-electron chi connectivity index (χ2n) is 7.06. The number of rotatable bonds is 14. The van der Waals surface area contributed by atoms with Gasteiger partial charge in [0.05, 0.1) is 12.1 Å². The third-order valence-electron chi connectivity index (χ3n) is 4.93. The summed E-state index contributed by atoms with van der Waals surface area (Å²) in [5.74, 6) is 1.16. The van der Waals surface area contributed by atoms with Gasteiger partial charge in [-0.1, -0.05) is 19.3 Å². The van der Waals surface area contributed by atoms with Gasteiger partial charge in [0, 0.05) is 31.1 Å². The molecule has 26 heavy (non-hydrogen) atoms. The van der Waals surface area contributed by atoms with E-state index in [2.05, 4.69) is 21.2 Å². The highest BCUT2D eigenvalue weighted by atomic mass is 32.2. The van der Waals surface area contributed by atoms with Crippen LogP contribution in [0.3, 0.4) is 0 Å². The van der Waals surface area contributed by atoms with Gasteiger partial charge >= 0.3 is 13.6 Å². The first-order chi connectivity index (χ1) is 12.7. The molecule has 0 unspecified atom stereocenters. The predicted octanol–water partition coefficient (Wildman–Crippen LogP) is 0.891. The van der Waals surface area contributed by atoms with Crippen LogP contribution in [0.2, 0.25) is 0 Å². The minimum atomic E-state index is -0.0316. The van der Waals surface area contributed by atoms with E-state index in [9.17, 15) is 9.59 Å². The van der Waals surface area contributed by atoms with Gasteiger partial charge in [0.25, 0.3) is 0 Å². The molecule has 3 atom stereocenters. The Kier molecular flexibility index (Phi) is 10.2. The van der Waals surface area contributed by atoms with E-state index in [1.807, 2.05) is 11.8 Å². The van der Waals surface area contributed by atoms with Gasteiger partial charge in [-0.15, -0.1) is 0 Å². The molecule has 9 heteroatoms. The van der Waals surface area contributed by atoms with E-state index >= 15 is 0 Å². The standard InChI is InChI=1S/C17H33BN4O3S/c1-25-18-20-11-7-3-2-6-10-19-15(23)9-5-4-8-14-16-13(12-26-14)21-17(24)22-16/h13-14,16,18,20H,2-12H2,1H3,(H,19,23)(H2,21,22,24)/t13-,14-,16-/m0/s1. The fraction of sp³-hybridized carbons (Fsp3) is 0.882. The molecule has 0 aromatic heterocycles. The molecule has 2 aliphatic rings. The molecule has 4 N–H and O–H groups in total. The van der Waals surface area contributed by atoms with Crippen LogP contribution in [-0.2, 0) is 9.45 Å². The zero-order valence-electron chi connectivity index (χ0n) is 15.9. The maximum absolute atomic E-state index is 11.9. The molecule has 2 aliphatic heterocycles. The maximum Gasteiger partial charge on any atom is 0.360 e. The Morgan fingerprint density at radius 3 is 2.81 bits per heavy atom. The number of carbonyl (C=O) groups excluding carboxylic acids is 2. The van der Waals surface area contributed by atoms with E-state index in [1.54, 1.807) is 7.11 Å². The second-order valence-corrected chi connectivity index (χ2v) is 8.34. The Morgan fingerprint density at radius 1 is 1.19 bits per heavy atom. The lowest BCUT2D eigenvalue weighted by molar-refractivity contribution is -0.121. The zero-order valence-corrected chi connectivity index (χ0v) is 16.7. The molecule has 2 heterocycles. The minimum absolute atomic E-state index is 0.0316. The van der Waals surface area contributed by atoms with Crippen molar-refractivity contribution in [3.8, 4) is 0 Å². The van der Waals surface area contributed by atoms with Crippen LogP contribution in [0.1, 0.15) is 51.4 Å². The SMILES string of the molecule is COBNCCCCCCNC(=O)CCCC[C@@H]1SC[C@@H]2NC(=O)N[C@@H]21. The van der Waals surface area contributed by atoms with Crippen LogP contribution < -0.4 is 21.2 Å². The lowest BCUT2D eigenvalue weighted by atomic mass is 10.0. The van der Waals surface area contributed by atoms with Crippen molar-refractivity contribution in [1.82, 2.24) is 21.2 Å². The number of nitrogens with one attached hydrogen (secondary N) is 4. The molecule has 3 amide bonds. The molecule has 2 fully saturated rings. The first kappa shape index (κ1) is 21.4. The van der Waals surface area contributed by atoms with E-state index in [-0.39, 0.29) is 24.0 Å². The van der Waals surface area contributed by atoms with Gasteiger partial charge in [-0.3, -0.25) is 4.79 Å². The van der Waals surface area contributed by atoms with Gasteiger partial charge < -0.3 is 25.8 Å². The molecule has 148 valence electrons. The highest BCUT2D eigenvalue weighted by molar-refractivity contribution is 8.00. The summed E-state index contributed by atoms with van der Waals surface area (Å²) >= 11 is 1.93. The molecule has 2 rings (SSSR count). The summed E-state index contributed by atoms with van der Waals surface area (Å²) in [6, 6.07) is 0.526. The van der Waals surface area contributed by atoms with Crippen molar-refractivity contribution in [3.63, 3.8) is 0 Å². The van der Waals surface area contributed by atoms with Crippen LogP contribution in [0.4, 0.5) is 4.79 Å². The van der Waals surface area contributed by atoms with Crippen LogP contribution in [0.15, 0.2) is 0 Å². The first-order valence-corrected chi connectivity index (χ1v) is 10.9. The molecular formula is C17H33BN4O3S. The highest BCUT2D eigenvalue weighted by Crippen LogP contribution is 2.33. The van der Waals surface area contributed by atoms with Crippen LogP contribution >= 0.6 is 11.8 Å². The van der Waals surface area contributed by atoms with E-state index in [0.717, 1.165) is 57.4 Å². The largest absolute Gasteiger partial charge is 0.427 e. The van der Waals surface area contributed by atoms with Crippen LogP contribution in [0.25, 0.3) is 0 Å². The van der Waals surface area contributed by atoms with Crippen molar-refractivity contribution in [2.75, 3.05) is 26.0 Å². The van der Waals surface area contributed by atoms with Gasteiger partial charge in [-0.2, -0.15) is 11.8 Å². The number of unbranched alkanes of at least 4 members (excludes halogenated alkanes) is 4. The normalized spacial score (nSPS) is 24.0. The van der Waals surface area contributed by atoms with E-state index in [4.69, 9.17) is 4.65 Å². The van der Waals surface area contributed by atoms with Gasteiger partial charge in [-0.25, -0.2) is 4.79 Å². The summed E-state index contributed by atoms with van der Waals surface area (Å²) in [6.07, 6.45) is 8.16. The zero-order chi connectivity index (χ0) is 18.6. The fourth-order valence-electron chi connectivity index (χ4n) is 3.49. The molecule has 0 aromatic carbocycles. The van der Waals surface area contributed by atoms with Gasteiger partial charge in [-0.05, 0) is 32.2 Å². The Bertz CT molecular complexity index is 444. The van der Waals surface area contributed by atoms with Crippen LogP contribution in [0.5, 0.6) is 0 Å². The van der Waals surface area contributed by atoms with Crippen molar-refractivity contribution in [3.05, 3.63) is 0 Å². The smallest absolute Gasteiger partial charge is 0.360 e. The van der Waals surface area contributed by atoms with Gasteiger partial charge in [0.1, 0.15) is 0 Å². The van der Waals surface area contributed by atoms with Crippen molar-refractivity contribution in [2.45, 2.75) is 68.7 Å². The number of carbonyl (C=O) groups is 2. The summed E-state index contributed by atoms with van der Waals surface area (Å²) in [7, 11) is 2.30. The average Bonchev–Trinajstić information content (AvgIpc) is 3.16. The lowest BCUT2D eigenvalue weighted by Gasteiger charge is -2.16. The number of hydrogen-bond acceptors (Lipinski definition) is 5. The minimum Gasteiger partial charge on any atom is -0.427 e. The number of fused-ring (bicyclic) bond motifs is 1. The third kappa shape index (κ3) is 7.76. The summed E-state index contributed by atoms with van der Waals surface area (Å²) in [5, 5.41) is 12.7. The molecule has 0 aliphatic carbocycles. The lowest BCUT2D eigenvalue weighted by Crippen LogP contribution is -2.36. The van der Waals surface area contributed by atoms with Crippen LogP contribution in [-0.4, -0.2) is 62.8 Å². The molecule has 2 saturated heterocycles. The monoisotopic (exact) mass is 384 g/mol. The molecule has 0 radical (unpaired) electrons. The van der Waals surface area contributed by atoms with E-state index in [1.165, 1.54) is 6.42 Å². The number of thioether (sulfide) groups is 1. The van der Waals surface area contributed by atoms with E-state index in [0.29, 0.717) is 19.3 Å².